The largest absolute Gasteiger partial charge is 0.508 e. The molecule has 4 aromatic rings. The highest BCUT2D eigenvalue weighted by Gasteiger charge is 2.30. The number of anilines is 1. The monoisotopic (exact) mass is 842 g/mol. The first-order valence-corrected chi connectivity index (χ1v) is 19.3. The summed E-state index contributed by atoms with van der Waals surface area (Å²) in [6.07, 6.45) is 0.190. The molecule has 2 aliphatic heterocycles. The first-order chi connectivity index (χ1) is 28.7. The number of phenols is 1. The molecule has 300 valence electrons. The molecule has 0 saturated carbocycles. The SMILES string of the molecule is CNc1ccc2c(-c3c(Cl)cc(C(=O)NCCc4ccc(-c5c6ccc(=O)cc-6oc6cc(O)ccc56)c(C(=O)O)c4)c(Cl)c3C(=O)O)c3ccc(=[N+](C)C)cc-3oc2c1. The van der Waals surface area contributed by atoms with E-state index in [1.54, 1.807) is 43.4 Å². The first-order valence-electron chi connectivity index (χ1n) is 18.5. The number of halogens is 2. The number of aromatic hydroxyl groups is 1. The molecule has 60 heavy (non-hydrogen) atoms. The van der Waals surface area contributed by atoms with Crippen molar-refractivity contribution in [1.82, 2.24) is 9.89 Å². The van der Waals surface area contributed by atoms with Crippen LogP contribution < -0.4 is 26.0 Å². The summed E-state index contributed by atoms with van der Waals surface area (Å²) >= 11 is 13.8. The molecular formula is C46H34Cl2N3O9+. The molecule has 1 amide bonds. The second-order valence-electron chi connectivity index (χ2n) is 14.3. The van der Waals surface area contributed by atoms with Crippen molar-refractivity contribution in [3.05, 3.63) is 145 Å². The molecule has 0 aromatic heterocycles. The molecule has 4 aromatic carbocycles. The van der Waals surface area contributed by atoms with Gasteiger partial charge in [0.2, 0.25) is 5.36 Å². The van der Waals surface area contributed by atoms with Crippen LogP contribution in [0.2, 0.25) is 10.0 Å². The molecule has 0 saturated heterocycles. The van der Waals surface area contributed by atoms with Crippen molar-refractivity contribution in [2.45, 2.75) is 6.42 Å². The van der Waals surface area contributed by atoms with Gasteiger partial charge in [0.25, 0.3) is 5.91 Å². The van der Waals surface area contributed by atoms with Crippen LogP contribution in [0.3, 0.4) is 0 Å². The number of nitrogens with one attached hydrogen (secondary N) is 2. The third-order valence-corrected chi connectivity index (χ3v) is 11.1. The van der Waals surface area contributed by atoms with Crippen molar-refractivity contribution in [1.29, 1.82) is 0 Å². The van der Waals surface area contributed by atoms with Crippen LogP contribution in [-0.4, -0.2) is 60.9 Å². The van der Waals surface area contributed by atoms with E-state index in [4.69, 9.17) is 32.0 Å². The highest BCUT2D eigenvalue weighted by Crippen LogP contribution is 2.47. The minimum absolute atomic E-state index is 0.0223. The topological polar surface area (TPSA) is 182 Å². The Morgan fingerprint density at radius 2 is 1.37 bits per heavy atom. The summed E-state index contributed by atoms with van der Waals surface area (Å²) in [6.45, 7) is 0.0223. The van der Waals surface area contributed by atoms with Crippen molar-refractivity contribution in [3.8, 4) is 50.7 Å². The Morgan fingerprint density at radius 3 is 2.08 bits per heavy atom. The zero-order valence-electron chi connectivity index (χ0n) is 32.1. The van der Waals surface area contributed by atoms with Gasteiger partial charge in [-0.15, -0.1) is 0 Å². The number of fused-ring (bicyclic) bond motifs is 4. The molecular weight excluding hydrogens is 809 g/mol. The van der Waals surface area contributed by atoms with Gasteiger partial charge in [0, 0.05) is 82.1 Å². The number of hydrogen-bond acceptors (Lipinski definition) is 8. The fourth-order valence-corrected chi connectivity index (χ4v) is 8.14. The summed E-state index contributed by atoms with van der Waals surface area (Å²) in [5.41, 5.74) is 3.69. The Labute approximate surface area is 350 Å². The summed E-state index contributed by atoms with van der Waals surface area (Å²) in [7, 11) is 5.55. The molecule has 8 rings (SSSR count). The van der Waals surface area contributed by atoms with E-state index in [1.807, 2.05) is 42.9 Å². The third kappa shape index (κ3) is 7.05. The van der Waals surface area contributed by atoms with Crippen molar-refractivity contribution in [2.24, 2.45) is 0 Å². The van der Waals surface area contributed by atoms with Gasteiger partial charge in [-0.2, -0.15) is 0 Å². The average Bonchev–Trinajstić information content (AvgIpc) is 3.21. The van der Waals surface area contributed by atoms with E-state index in [9.17, 15) is 34.5 Å². The van der Waals surface area contributed by atoms with E-state index in [1.165, 1.54) is 36.4 Å². The molecule has 0 radical (unpaired) electrons. The molecule has 12 nitrogen and oxygen atoms in total. The number of aromatic carboxylic acids is 2. The molecule has 2 aliphatic carbocycles. The number of rotatable bonds is 9. The maximum Gasteiger partial charge on any atom is 0.337 e. The molecule has 0 atom stereocenters. The summed E-state index contributed by atoms with van der Waals surface area (Å²) in [5.74, 6) is -2.68. The van der Waals surface area contributed by atoms with Gasteiger partial charge in [-0.05, 0) is 72.1 Å². The zero-order chi connectivity index (χ0) is 42.6. The molecule has 4 aliphatic rings. The van der Waals surface area contributed by atoms with Gasteiger partial charge < -0.3 is 34.8 Å². The van der Waals surface area contributed by atoms with Gasteiger partial charge in [-0.3, -0.25) is 9.59 Å². The van der Waals surface area contributed by atoms with Gasteiger partial charge in [-0.25, -0.2) is 14.2 Å². The van der Waals surface area contributed by atoms with Gasteiger partial charge in [0.1, 0.15) is 42.5 Å². The Bertz CT molecular complexity index is 3180. The Hall–Kier alpha value is -7.15. The zero-order valence-corrected chi connectivity index (χ0v) is 33.7. The number of carboxylic acids is 2. The van der Waals surface area contributed by atoms with Crippen LogP contribution in [0.4, 0.5) is 5.69 Å². The van der Waals surface area contributed by atoms with E-state index in [-0.39, 0.29) is 67.8 Å². The maximum atomic E-state index is 13.7. The van der Waals surface area contributed by atoms with Crippen LogP contribution in [0.5, 0.6) is 5.75 Å². The molecule has 0 spiro atoms. The Morgan fingerprint density at radius 1 is 0.700 bits per heavy atom. The van der Waals surface area contributed by atoms with Crippen molar-refractivity contribution >= 4 is 68.7 Å². The van der Waals surface area contributed by atoms with Crippen molar-refractivity contribution < 1.29 is 38.5 Å². The van der Waals surface area contributed by atoms with Gasteiger partial charge in [0.05, 0.1) is 32.8 Å². The lowest BCUT2D eigenvalue weighted by Gasteiger charge is -2.20. The fourth-order valence-electron chi connectivity index (χ4n) is 7.53. The van der Waals surface area contributed by atoms with E-state index in [0.717, 1.165) is 11.0 Å². The second-order valence-corrected chi connectivity index (χ2v) is 15.1. The number of carbonyl (C=O) groups is 3. The lowest BCUT2D eigenvalue weighted by molar-refractivity contribution is 0.0686. The average molecular weight is 844 g/mol. The molecule has 0 fully saturated rings. The standard InChI is InChI=1S/C46H33Cl2N3O9/c1-49-23-5-10-30-35(17-23)59-36-18-24(51(2)3)6-11-31(36)40(30)41-34(47)21-33(43(48)42(41)46(57)58)44(54)50-15-14-22-4-9-27(32(16-22)45(55)56)39-28-12-7-25(52)19-37(28)60-38-20-26(53)8-13-29(38)39/h4-13,16-21H,14-15H2,1-3H3,(H4,50,52,53,54,55,56,57,58)/p+1. The first kappa shape index (κ1) is 39.7. The van der Waals surface area contributed by atoms with Crippen LogP contribution in [0.1, 0.15) is 36.6 Å². The van der Waals surface area contributed by atoms with Crippen molar-refractivity contribution in [2.75, 3.05) is 33.0 Å². The lowest BCUT2D eigenvalue weighted by Crippen LogP contribution is -2.26. The number of amides is 1. The quantitative estimate of drug-likeness (QED) is 0.0698. The van der Waals surface area contributed by atoms with Crippen LogP contribution in [0.25, 0.3) is 66.8 Å². The van der Waals surface area contributed by atoms with E-state index >= 15 is 0 Å². The fraction of sp³-hybridized carbons (Fsp3) is 0.109. The number of phenolic OH excluding ortho intramolecular Hbond substituents is 1. The molecule has 14 heteroatoms. The number of nitrogens with zero attached hydrogens (tertiary/aromatic N) is 1. The number of benzene rings is 6. The Kier molecular flexibility index (Phi) is 10.3. The minimum atomic E-state index is -1.40. The van der Waals surface area contributed by atoms with Crippen LogP contribution in [0.15, 0.2) is 111 Å². The number of hydrogen-bond donors (Lipinski definition) is 5. The molecule has 0 bridgehead atoms. The van der Waals surface area contributed by atoms with Crippen LogP contribution in [-0.2, 0) is 6.42 Å². The van der Waals surface area contributed by atoms with Crippen molar-refractivity contribution in [3.63, 3.8) is 0 Å². The summed E-state index contributed by atoms with van der Waals surface area (Å²) in [5, 5.41) is 38.6. The van der Waals surface area contributed by atoms with Crippen LogP contribution >= 0.6 is 23.2 Å². The smallest absolute Gasteiger partial charge is 0.337 e. The number of carboxylic acid groups (broad SMARTS) is 2. The normalized spacial score (nSPS) is 11.3. The number of carbonyl (C=O) groups excluding carboxylic acids is 1. The van der Waals surface area contributed by atoms with Gasteiger partial charge in [0.15, 0.2) is 5.43 Å². The maximum absolute atomic E-state index is 13.7. The lowest BCUT2D eigenvalue weighted by atomic mass is 9.89. The summed E-state index contributed by atoms with van der Waals surface area (Å²) < 4.78 is 14.2. The predicted molar refractivity (Wildman–Crippen MR) is 231 cm³/mol. The van der Waals surface area contributed by atoms with E-state index in [0.29, 0.717) is 55.5 Å². The minimum Gasteiger partial charge on any atom is -0.508 e. The third-order valence-electron chi connectivity index (χ3n) is 10.4. The second kappa shape index (κ2) is 15.6. The molecule has 5 N–H and O–H groups in total. The van der Waals surface area contributed by atoms with Gasteiger partial charge in [-0.1, -0.05) is 35.3 Å². The Balaban J connectivity index is 1.14. The predicted octanol–water partition coefficient (Wildman–Crippen LogP) is 8.54. The summed E-state index contributed by atoms with van der Waals surface area (Å²) in [4.78, 5) is 51.7. The van der Waals surface area contributed by atoms with E-state index in [2.05, 4.69) is 10.6 Å². The van der Waals surface area contributed by atoms with Crippen LogP contribution in [0, 0.1) is 0 Å². The summed E-state index contributed by atoms with van der Waals surface area (Å²) in [6, 6.07) is 25.9. The van der Waals surface area contributed by atoms with Gasteiger partial charge >= 0.3 is 11.9 Å². The highest BCUT2D eigenvalue weighted by molar-refractivity contribution is 6.41. The highest BCUT2D eigenvalue weighted by atomic mass is 35.5. The molecule has 2 heterocycles. The van der Waals surface area contributed by atoms with E-state index < -0.39 is 17.8 Å². The molecule has 0 unspecified atom stereocenters.